The maximum atomic E-state index is 11.9. The number of rotatable bonds is 4. The topological polar surface area (TPSA) is 91.2 Å². The van der Waals surface area contributed by atoms with Gasteiger partial charge < -0.3 is 10.1 Å². The van der Waals surface area contributed by atoms with Crippen molar-refractivity contribution in [3.63, 3.8) is 0 Å². The largest absolute Gasteiger partial charge is 0.481 e. The third-order valence-electron chi connectivity index (χ3n) is 3.59. The van der Waals surface area contributed by atoms with Crippen molar-refractivity contribution in [1.82, 2.24) is 10.6 Å². The summed E-state index contributed by atoms with van der Waals surface area (Å²) >= 11 is 0. The smallest absolute Gasteiger partial charge is 0.321 e. The van der Waals surface area contributed by atoms with E-state index in [0.717, 1.165) is 25.7 Å². The van der Waals surface area contributed by atoms with Crippen molar-refractivity contribution >= 4 is 11.9 Å². The Morgan fingerprint density at radius 2 is 1.91 bits per heavy atom. The molecule has 1 aliphatic carbocycles. The first-order valence-corrected chi connectivity index (χ1v) is 7.36. The second kappa shape index (κ2) is 7.46. The third kappa shape index (κ3) is 4.48. The Morgan fingerprint density at radius 3 is 2.50 bits per heavy atom. The van der Waals surface area contributed by atoms with Crippen molar-refractivity contribution in [2.24, 2.45) is 0 Å². The van der Waals surface area contributed by atoms with E-state index >= 15 is 0 Å². The van der Waals surface area contributed by atoms with Crippen LogP contribution in [-0.4, -0.2) is 24.1 Å². The van der Waals surface area contributed by atoms with Gasteiger partial charge >= 0.3 is 6.03 Å². The number of nitrogens with one attached hydrogen (secondary N) is 2. The van der Waals surface area contributed by atoms with Gasteiger partial charge in [-0.05, 0) is 44.0 Å². The molecule has 1 atom stereocenters. The predicted molar refractivity (Wildman–Crippen MR) is 80.2 cm³/mol. The Kier molecular flexibility index (Phi) is 5.37. The van der Waals surface area contributed by atoms with Gasteiger partial charge in [-0.2, -0.15) is 5.26 Å². The normalized spacial score (nSPS) is 15.6. The van der Waals surface area contributed by atoms with E-state index in [4.69, 9.17) is 10.00 Å². The van der Waals surface area contributed by atoms with Gasteiger partial charge in [0.25, 0.3) is 5.91 Å². The number of benzene rings is 1. The van der Waals surface area contributed by atoms with Crippen molar-refractivity contribution in [2.75, 3.05) is 0 Å². The molecule has 2 N–H and O–H groups in total. The van der Waals surface area contributed by atoms with E-state index in [0.29, 0.717) is 11.3 Å². The number of nitrogens with zero attached hydrogens (tertiary/aromatic N) is 1. The summed E-state index contributed by atoms with van der Waals surface area (Å²) in [4.78, 5) is 23.6. The first-order chi connectivity index (χ1) is 10.6. The first-order valence-electron chi connectivity index (χ1n) is 7.36. The van der Waals surface area contributed by atoms with Gasteiger partial charge in [0.05, 0.1) is 11.6 Å². The Bertz CT molecular complexity index is 571. The number of ether oxygens (including phenoxy) is 1. The molecular weight excluding hydrogens is 282 g/mol. The SMILES string of the molecule is CC(Oc1ccc(C#N)cc1)C(=O)NC(=O)NC1CCCC1. The zero-order valence-corrected chi connectivity index (χ0v) is 12.5. The summed E-state index contributed by atoms with van der Waals surface area (Å²) < 4.78 is 5.45. The van der Waals surface area contributed by atoms with Gasteiger partial charge in [0.15, 0.2) is 6.10 Å². The Morgan fingerprint density at radius 1 is 1.27 bits per heavy atom. The molecule has 0 saturated heterocycles. The van der Waals surface area contributed by atoms with Crippen molar-refractivity contribution < 1.29 is 14.3 Å². The zero-order chi connectivity index (χ0) is 15.9. The van der Waals surface area contributed by atoms with E-state index in [1.807, 2.05) is 6.07 Å². The van der Waals surface area contributed by atoms with E-state index < -0.39 is 18.0 Å². The van der Waals surface area contributed by atoms with Crippen LogP contribution in [0.5, 0.6) is 5.75 Å². The monoisotopic (exact) mass is 301 g/mol. The lowest BCUT2D eigenvalue weighted by Crippen LogP contribution is -2.47. The summed E-state index contributed by atoms with van der Waals surface area (Å²) in [6.45, 7) is 1.57. The molecule has 6 nitrogen and oxygen atoms in total. The maximum Gasteiger partial charge on any atom is 0.321 e. The van der Waals surface area contributed by atoms with Crippen molar-refractivity contribution in [1.29, 1.82) is 5.26 Å². The molecule has 0 radical (unpaired) electrons. The number of hydrogen-bond acceptors (Lipinski definition) is 4. The summed E-state index contributed by atoms with van der Waals surface area (Å²) in [5.74, 6) is -0.0299. The van der Waals surface area contributed by atoms with E-state index in [1.54, 1.807) is 31.2 Å². The number of carbonyl (C=O) groups is 2. The van der Waals surface area contributed by atoms with E-state index in [9.17, 15) is 9.59 Å². The zero-order valence-electron chi connectivity index (χ0n) is 12.5. The Hall–Kier alpha value is -2.55. The number of urea groups is 1. The number of amides is 3. The Balaban J connectivity index is 1.80. The highest BCUT2D eigenvalue weighted by atomic mass is 16.5. The molecule has 0 aliphatic heterocycles. The van der Waals surface area contributed by atoms with Gasteiger partial charge in [0.1, 0.15) is 5.75 Å². The van der Waals surface area contributed by atoms with Crippen LogP contribution in [0.3, 0.4) is 0 Å². The Labute approximate surface area is 129 Å². The lowest BCUT2D eigenvalue weighted by Gasteiger charge is -2.16. The molecule has 0 spiro atoms. The molecule has 116 valence electrons. The lowest BCUT2D eigenvalue weighted by molar-refractivity contribution is -0.126. The van der Waals surface area contributed by atoms with Crippen LogP contribution in [0.15, 0.2) is 24.3 Å². The van der Waals surface area contributed by atoms with Crippen molar-refractivity contribution in [3.05, 3.63) is 29.8 Å². The molecule has 1 fully saturated rings. The van der Waals surface area contributed by atoms with Gasteiger partial charge in [0, 0.05) is 6.04 Å². The van der Waals surface area contributed by atoms with Crippen LogP contribution in [0, 0.1) is 11.3 Å². The van der Waals surface area contributed by atoms with Crippen LogP contribution in [0.25, 0.3) is 0 Å². The number of imide groups is 1. The van der Waals surface area contributed by atoms with E-state index in [1.165, 1.54) is 0 Å². The second-order valence-corrected chi connectivity index (χ2v) is 5.34. The molecule has 1 unspecified atom stereocenters. The lowest BCUT2D eigenvalue weighted by atomic mass is 10.2. The summed E-state index contributed by atoms with van der Waals surface area (Å²) in [6, 6.07) is 8.11. The standard InChI is InChI=1S/C16H19N3O3/c1-11(22-14-8-6-12(10-17)7-9-14)15(20)19-16(21)18-13-4-2-3-5-13/h6-9,11,13H,2-5H2,1H3,(H2,18,19,20,21). The quantitative estimate of drug-likeness (QED) is 0.891. The van der Waals surface area contributed by atoms with Gasteiger partial charge in [-0.1, -0.05) is 12.8 Å². The van der Waals surface area contributed by atoms with Crippen LogP contribution in [0.4, 0.5) is 4.79 Å². The summed E-state index contributed by atoms with van der Waals surface area (Å²) in [7, 11) is 0. The highest BCUT2D eigenvalue weighted by Gasteiger charge is 2.21. The number of carbonyl (C=O) groups excluding carboxylic acids is 2. The van der Waals surface area contributed by atoms with Crippen LogP contribution in [-0.2, 0) is 4.79 Å². The minimum absolute atomic E-state index is 0.155. The molecular formula is C16H19N3O3. The summed E-state index contributed by atoms with van der Waals surface area (Å²) in [5.41, 5.74) is 0.514. The molecule has 6 heteroatoms. The number of nitriles is 1. The molecule has 1 aromatic rings. The van der Waals surface area contributed by atoms with Crippen LogP contribution < -0.4 is 15.4 Å². The van der Waals surface area contributed by atoms with Crippen molar-refractivity contribution in [3.8, 4) is 11.8 Å². The third-order valence-corrected chi connectivity index (χ3v) is 3.59. The van der Waals surface area contributed by atoms with Crippen molar-refractivity contribution in [2.45, 2.75) is 44.8 Å². The molecule has 0 aromatic heterocycles. The fraction of sp³-hybridized carbons (Fsp3) is 0.438. The van der Waals surface area contributed by atoms with Crippen LogP contribution in [0.2, 0.25) is 0 Å². The van der Waals surface area contributed by atoms with Gasteiger partial charge in [-0.3, -0.25) is 10.1 Å². The highest BCUT2D eigenvalue weighted by molar-refractivity contribution is 5.96. The molecule has 0 bridgehead atoms. The minimum atomic E-state index is -0.803. The average Bonchev–Trinajstić information content (AvgIpc) is 3.00. The average molecular weight is 301 g/mol. The fourth-order valence-corrected chi connectivity index (χ4v) is 2.37. The van der Waals surface area contributed by atoms with E-state index in [-0.39, 0.29) is 6.04 Å². The molecule has 2 rings (SSSR count). The number of hydrogen-bond donors (Lipinski definition) is 2. The molecule has 1 saturated carbocycles. The fourth-order valence-electron chi connectivity index (χ4n) is 2.37. The second-order valence-electron chi connectivity index (χ2n) is 5.34. The molecule has 3 amide bonds. The van der Waals surface area contributed by atoms with Gasteiger partial charge in [0.2, 0.25) is 0 Å². The van der Waals surface area contributed by atoms with Crippen LogP contribution in [0.1, 0.15) is 38.2 Å². The van der Waals surface area contributed by atoms with Gasteiger partial charge in [-0.15, -0.1) is 0 Å². The van der Waals surface area contributed by atoms with Crippen LogP contribution >= 0.6 is 0 Å². The minimum Gasteiger partial charge on any atom is -0.481 e. The summed E-state index contributed by atoms with van der Waals surface area (Å²) in [6.07, 6.45) is 3.33. The molecule has 1 aliphatic rings. The van der Waals surface area contributed by atoms with Gasteiger partial charge in [-0.25, -0.2) is 4.79 Å². The van der Waals surface area contributed by atoms with E-state index in [2.05, 4.69) is 10.6 Å². The summed E-state index contributed by atoms with van der Waals surface area (Å²) in [5, 5.41) is 13.8. The molecule has 22 heavy (non-hydrogen) atoms. The highest BCUT2D eigenvalue weighted by Crippen LogP contribution is 2.17. The predicted octanol–water partition coefficient (Wildman–Crippen LogP) is 2.09. The maximum absolute atomic E-state index is 11.9. The first kappa shape index (κ1) is 15.8. The molecule has 1 aromatic carbocycles. The molecule has 0 heterocycles.